The van der Waals surface area contributed by atoms with Crippen molar-refractivity contribution in [3.05, 3.63) is 11.3 Å². The first-order valence-electron chi connectivity index (χ1n) is 6.57. The van der Waals surface area contributed by atoms with Gasteiger partial charge in [0.15, 0.2) is 5.03 Å². The van der Waals surface area contributed by atoms with Crippen molar-refractivity contribution in [3.8, 4) is 0 Å². The summed E-state index contributed by atoms with van der Waals surface area (Å²) in [5.41, 5.74) is 1.45. The minimum absolute atomic E-state index is 0.0846. The predicted octanol–water partition coefficient (Wildman–Crippen LogP) is 0.483. The fraction of sp³-hybridized carbons (Fsp3) is 0.750. The molecule has 0 radical (unpaired) electrons. The number of ether oxygens (including phenoxy) is 1. The molecule has 0 spiro atoms. The van der Waals surface area contributed by atoms with Crippen LogP contribution in [0.2, 0.25) is 0 Å². The summed E-state index contributed by atoms with van der Waals surface area (Å²) in [4.78, 5) is 0. The van der Waals surface area contributed by atoms with Crippen molar-refractivity contribution >= 4 is 10.0 Å². The lowest BCUT2D eigenvalue weighted by Crippen LogP contribution is -2.38. The van der Waals surface area contributed by atoms with Gasteiger partial charge in [-0.2, -0.15) is 9.40 Å². The average molecular weight is 304 g/mol. The van der Waals surface area contributed by atoms with E-state index in [1.807, 2.05) is 13.8 Å². The summed E-state index contributed by atoms with van der Waals surface area (Å²) >= 11 is 0. The molecular weight excluding hydrogens is 280 g/mol. The summed E-state index contributed by atoms with van der Waals surface area (Å²) in [5.74, 6) is 0. The van der Waals surface area contributed by atoms with Crippen molar-refractivity contribution in [1.29, 1.82) is 0 Å². The largest absolute Gasteiger partial charge is 0.383 e. The van der Waals surface area contributed by atoms with Crippen LogP contribution in [0.5, 0.6) is 0 Å². The molecule has 0 aliphatic carbocycles. The molecule has 1 aromatic rings. The Morgan fingerprint density at radius 2 is 2.15 bits per heavy atom. The van der Waals surface area contributed by atoms with Crippen LogP contribution in [-0.4, -0.2) is 56.3 Å². The molecule has 0 saturated carbocycles. The summed E-state index contributed by atoms with van der Waals surface area (Å²) in [6.07, 6.45) is 0. The molecule has 0 aromatic carbocycles. The van der Waals surface area contributed by atoms with Gasteiger partial charge < -0.3 is 10.1 Å². The topological polar surface area (TPSA) is 87.3 Å². The van der Waals surface area contributed by atoms with Gasteiger partial charge in [0.05, 0.1) is 6.61 Å². The van der Waals surface area contributed by atoms with Gasteiger partial charge in [-0.05, 0) is 20.4 Å². The molecule has 116 valence electrons. The molecule has 2 N–H and O–H groups in total. The molecule has 20 heavy (non-hydrogen) atoms. The van der Waals surface area contributed by atoms with E-state index in [2.05, 4.69) is 15.5 Å². The zero-order valence-electron chi connectivity index (χ0n) is 12.7. The molecule has 1 atom stereocenters. The fourth-order valence-corrected chi connectivity index (χ4v) is 3.33. The maximum absolute atomic E-state index is 12.6. The first kappa shape index (κ1) is 17.1. The highest BCUT2D eigenvalue weighted by molar-refractivity contribution is 7.89. The summed E-state index contributed by atoms with van der Waals surface area (Å²) < 4.78 is 31.5. The molecule has 1 unspecified atom stereocenters. The molecular formula is C12H24N4O3S. The van der Waals surface area contributed by atoms with E-state index in [0.29, 0.717) is 18.7 Å². The van der Waals surface area contributed by atoms with Gasteiger partial charge in [0.2, 0.25) is 0 Å². The molecule has 7 nitrogen and oxygen atoms in total. The van der Waals surface area contributed by atoms with Gasteiger partial charge in [0.1, 0.15) is 0 Å². The van der Waals surface area contributed by atoms with Gasteiger partial charge in [-0.3, -0.25) is 5.10 Å². The number of hydrogen-bond acceptors (Lipinski definition) is 5. The standard InChI is InChI=1S/C12H24N4O3S/c1-6-13-7-11-10(3)14-15-12(11)20(17,18)16(4)9(2)8-19-5/h9,13H,6-8H2,1-5H3,(H,14,15). The maximum atomic E-state index is 12.6. The highest BCUT2D eigenvalue weighted by atomic mass is 32.2. The molecule has 0 aliphatic heterocycles. The lowest BCUT2D eigenvalue weighted by atomic mass is 10.2. The summed E-state index contributed by atoms with van der Waals surface area (Å²) in [6, 6.07) is -0.256. The predicted molar refractivity (Wildman–Crippen MR) is 77.0 cm³/mol. The Morgan fingerprint density at radius 1 is 1.50 bits per heavy atom. The molecule has 0 saturated heterocycles. The van der Waals surface area contributed by atoms with Gasteiger partial charge in [-0.1, -0.05) is 6.92 Å². The molecule has 0 aliphatic rings. The van der Waals surface area contributed by atoms with Gasteiger partial charge in [-0.25, -0.2) is 8.42 Å². The van der Waals surface area contributed by atoms with Crippen LogP contribution in [-0.2, 0) is 21.3 Å². The number of nitrogens with zero attached hydrogens (tertiary/aromatic N) is 2. The van der Waals surface area contributed by atoms with Crippen LogP contribution in [0.1, 0.15) is 25.1 Å². The van der Waals surface area contributed by atoms with E-state index in [1.165, 1.54) is 4.31 Å². The Kier molecular flexibility index (Phi) is 6.12. The second-order valence-electron chi connectivity index (χ2n) is 4.74. The third-order valence-corrected chi connectivity index (χ3v) is 5.18. The van der Waals surface area contributed by atoms with E-state index in [1.54, 1.807) is 21.1 Å². The molecule has 8 heteroatoms. The monoisotopic (exact) mass is 304 g/mol. The highest BCUT2D eigenvalue weighted by Crippen LogP contribution is 2.21. The lowest BCUT2D eigenvalue weighted by molar-refractivity contribution is 0.149. The number of nitrogens with one attached hydrogen (secondary N) is 2. The quantitative estimate of drug-likeness (QED) is 0.729. The fourth-order valence-electron chi connectivity index (χ4n) is 1.82. The number of H-pyrrole nitrogens is 1. The number of likely N-dealkylation sites (N-methyl/N-ethyl adjacent to an activating group) is 1. The Hall–Kier alpha value is -0.960. The van der Waals surface area contributed by atoms with Crippen LogP contribution in [0.25, 0.3) is 0 Å². The third-order valence-electron chi connectivity index (χ3n) is 3.24. The molecule has 0 amide bonds. The van der Waals surface area contributed by atoms with Gasteiger partial charge in [0.25, 0.3) is 10.0 Å². The van der Waals surface area contributed by atoms with Crippen LogP contribution >= 0.6 is 0 Å². The lowest BCUT2D eigenvalue weighted by Gasteiger charge is -2.23. The Balaban J connectivity index is 3.09. The Bertz CT molecular complexity index is 527. The first-order valence-corrected chi connectivity index (χ1v) is 8.01. The van der Waals surface area contributed by atoms with Crippen LogP contribution in [0, 0.1) is 6.92 Å². The molecule has 1 rings (SSSR count). The third kappa shape index (κ3) is 3.57. The smallest absolute Gasteiger partial charge is 0.262 e. The van der Waals surface area contributed by atoms with Crippen LogP contribution in [0.3, 0.4) is 0 Å². The van der Waals surface area contributed by atoms with Crippen molar-refractivity contribution < 1.29 is 13.2 Å². The Labute approximate surface area is 120 Å². The normalized spacial score (nSPS) is 13.9. The SMILES string of the molecule is CCNCc1c(S(=O)(=O)N(C)C(C)COC)n[nH]c1C. The van der Waals surface area contributed by atoms with Crippen LogP contribution in [0.4, 0.5) is 0 Å². The van der Waals surface area contributed by atoms with Crippen molar-refractivity contribution in [2.24, 2.45) is 0 Å². The van der Waals surface area contributed by atoms with Crippen LogP contribution < -0.4 is 5.32 Å². The van der Waals surface area contributed by atoms with E-state index in [4.69, 9.17) is 4.74 Å². The van der Waals surface area contributed by atoms with Crippen molar-refractivity contribution in [2.75, 3.05) is 27.3 Å². The van der Waals surface area contributed by atoms with Crippen molar-refractivity contribution in [2.45, 2.75) is 38.4 Å². The van der Waals surface area contributed by atoms with Gasteiger partial charge in [-0.15, -0.1) is 0 Å². The second kappa shape index (κ2) is 7.16. The Morgan fingerprint density at radius 3 is 2.70 bits per heavy atom. The van der Waals surface area contributed by atoms with E-state index < -0.39 is 10.0 Å². The molecule has 0 bridgehead atoms. The van der Waals surface area contributed by atoms with E-state index in [-0.39, 0.29) is 11.1 Å². The molecule has 1 aromatic heterocycles. The minimum atomic E-state index is -3.63. The zero-order valence-corrected chi connectivity index (χ0v) is 13.5. The number of hydrogen-bond donors (Lipinski definition) is 2. The van der Waals surface area contributed by atoms with E-state index in [9.17, 15) is 8.42 Å². The number of methoxy groups -OCH3 is 1. The highest BCUT2D eigenvalue weighted by Gasteiger charge is 2.30. The van der Waals surface area contributed by atoms with Gasteiger partial charge >= 0.3 is 0 Å². The second-order valence-corrected chi connectivity index (χ2v) is 6.65. The minimum Gasteiger partial charge on any atom is -0.383 e. The van der Waals surface area contributed by atoms with E-state index in [0.717, 1.165) is 12.2 Å². The zero-order chi connectivity index (χ0) is 15.3. The maximum Gasteiger partial charge on any atom is 0.262 e. The number of aromatic nitrogens is 2. The number of aryl methyl sites for hydroxylation is 1. The number of aromatic amines is 1. The molecule has 0 fully saturated rings. The summed E-state index contributed by atoms with van der Waals surface area (Å²) in [7, 11) is -0.540. The number of sulfonamides is 1. The summed E-state index contributed by atoms with van der Waals surface area (Å²) in [6.45, 7) is 7.15. The average Bonchev–Trinajstić information content (AvgIpc) is 2.77. The first-order chi connectivity index (χ1) is 9.36. The van der Waals surface area contributed by atoms with Gasteiger partial charge in [0, 0.05) is 38.0 Å². The number of rotatable bonds is 8. The van der Waals surface area contributed by atoms with Crippen molar-refractivity contribution in [3.63, 3.8) is 0 Å². The van der Waals surface area contributed by atoms with Crippen molar-refractivity contribution in [1.82, 2.24) is 19.8 Å². The van der Waals surface area contributed by atoms with E-state index >= 15 is 0 Å². The summed E-state index contributed by atoms with van der Waals surface area (Å²) in [5, 5.41) is 9.93. The van der Waals surface area contributed by atoms with Crippen LogP contribution in [0.15, 0.2) is 5.03 Å². The molecule has 1 heterocycles.